The number of benzene rings is 2. The van der Waals surface area contributed by atoms with Crippen molar-refractivity contribution in [2.24, 2.45) is 0 Å². The number of esters is 1. The molecule has 2 aromatic carbocycles. The number of hydrogen-bond acceptors (Lipinski definition) is 3. The van der Waals surface area contributed by atoms with Crippen LogP contribution < -0.4 is 0 Å². The van der Waals surface area contributed by atoms with Crippen molar-refractivity contribution in [3.05, 3.63) is 59.7 Å². The molecule has 0 aliphatic rings. The van der Waals surface area contributed by atoms with Gasteiger partial charge >= 0.3 is 5.97 Å². The van der Waals surface area contributed by atoms with E-state index in [-0.39, 0.29) is 18.5 Å². The summed E-state index contributed by atoms with van der Waals surface area (Å²) in [7, 11) is 0. The van der Waals surface area contributed by atoms with Gasteiger partial charge < -0.3 is 9.84 Å². The number of aliphatic hydroxyl groups is 1. The first kappa shape index (κ1) is 23.2. The lowest BCUT2D eigenvalue weighted by Crippen LogP contribution is -2.29. The van der Waals surface area contributed by atoms with Crippen molar-refractivity contribution in [3.63, 3.8) is 0 Å². The molecule has 1 N–H and O–H groups in total. The molecule has 0 saturated heterocycles. The third-order valence-corrected chi connectivity index (χ3v) is 5.25. The molecule has 0 saturated carbocycles. The predicted molar refractivity (Wildman–Crippen MR) is 121 cm³/mol. The maximum absolute atomic E-state index is 12.6. The van der Waals surface area contributed by atoms with Crippen molar-refractivity contribution in [3.8, 4) is 0 Å². The van der Waals surface area contributed by atoms with E-state index in [2.05, 4.69) is 37.3 Å². The average molecular weight is 397 g/mol. The van der Waals surface area contributed by atoms with Gasteiger partial charge in [0, 0.05) is 6.42 Å². The van der Waals surface area contributed by atoms with Gasteiger partial charge in [-0.1, -0.05) is 80.7 Å². The number of carbonyl (C=O) groups excluding carboxylic acids is 1. The SMILES string of the molecule is CCCCCCC(C)(O)CC(=O)OC(CC=C(C)C)c1ccc2ccccc2c1. The highest BCUT2D eigenvalue weighted by Gasteiger charge is 2.27. The lowest BCUT2D eigenvalue weighted by atomic mass is 9.94. The zero-order valence-electron chi connectivity index (χ0n) is 18.4. The molecule has 0 aromatic heterocycles. The normalized spacial score (nSPS) is 14.2. The van der Waals surface area contributed by atoms with Gasteiger partial charge in [0.2, 0.25) is 0 Å². The molecule has 2 rings (SSSR count). The summed E-state index contributed by atoms with van der Waals surface area (Å²) >= 11 is 0. The Balaban J connectivity index is 2.08. The largest absolute Gasteiger partial charge is 0.457 e. The van der Waals surface area contributed by atoms with Crippen molar-refractivity contribution in [2.75, 3.05) is 0 Å². The highest BCUT2D eigenvalue weighted by atomic mass is 16.5. The lowest BCUT2D eigenvalue weighted by Gasteiger charge is -2.24. The van der Waals surface area contributed by atoms with E-state index in [1.54, 1.807) is 6.92 Å². The van der Waals surface area contributed by atoms with E-state index in [1.165, 1.54) is 11.0 Å². The minimum Gasteiger partial charge on any atom is -0.457 e. The van der Waals surface area contributed by atoms with E-state index < -0.39 is 5.60 Å². The fraction of sp³-hybridized carbons (Fsp3) is 0.500. The van der Waals surface area contributed by atoms with Crippen LogP contribution in [0.4, 0.5) is 0 Å². The number of ether oxygens (including phenoxy) is 1. The Morgan fingerprint density at radius 2 is 1.83 bits per heavy atom. The second kappa shape index (κ2) is 11.2. The molecule has 0 bridgehead atoms. The van der Waals surface area contributed by atoms with Gasteiger partial charge in [-0.15, -0.1) is 0 Å². The van der Waals surface area contributed by atoms with Crippen molar-refractivity contribution < 1.29 is 14.6 Å². The Kier molecular flexibility index (Phi) is 8.91. The summed E-state index contributed by atoms with van der Waals surface area (Å²) in [6.45, 7) is 7.98. The Labute approximate surface area is 175 Å². The number of unbranched alkanes of at least 4 members (excludes halogenated alkanes) is 3. The Morgan fingerprint density at radius 1 is 1.10 bits per heavy atom. The number of hydrogen-bond donors (Lipinski definition) is 1. The van der Waals surface area contributed by atoms with E-state index >= 15 is 0 Å². The van der Waals surface area contributed by atoms with Gasteiger partial charge in [-0.25, -0.2) is 0 Å². The lowest BCUT2D eigenvalue weighted by molar-refractivity contribution is -0.154. The zero-order valence-corrected chi connectivity index (χ0v) is 18.4. The van der Waals surface area contributed by atoms with Crippen molar-refractivity contribution in [1.82, 2.24) is 0 Å². The molecule has 29 heavy (non-hydrogen) atoms. The van der Waals surface area contributed by atoms with Gasteiger partial charge in [-0.3, -0.25) is 4.79 Å². The second-order valence-corrected chi connectivity index (χ2v) is 8.59. The maximum Gasteiger partial charge on any atom is 0.309 e. The number of rotatable bonds is 11. The van der Waals surface area contributed by atoms with Crippen LogP contribution in [0.5, 0.6) is 0 Å². The van der Waals surface area contributed by atoms with Gasteiger partial charge in [0.1, 0.15) is 6.10 Å². The van der Waals surface area contributed by atoms with Crippen molar-refractivity contribution in [2.45, 2.75) is 84.3 Å². The summed E-state index contributed by atoms with van der Waals surface area (Å²) in [5.74, 6) is -0.342. The second-order valence-electron chi connectivity index (χ2n) is 8.59. The van der Waals surface area contributed by atoms with E-state index in [0.29, 0.717) is 12.8 Å². The molecule has 158 valence electrons. The van der Waals surface area contributed by atoms with Crippen molar-refractivity contribution in [1.29, 1.82) is 0 Å². The molecule has 2 unspecified atom stereocenters. The van der Waals surface area contributed by atoms with Crippen LogP contribution in [-0.2, 0) is 9.53 Å². The molecule has 0 amide bonds. The Hall–Kier alpha value is -2.13. The first-order valence-corrected chi connectivity index (χ1v) is 10.8. The summed E-state index contributed by atoms with van der Waals surface area (Å²) in [4.78, 5) is 12.6. The summed E-state index contributed by atoms with van der Waals surface area (Å²) in [5, 5.41) is 12.9. The summed E-state index contributed by atoms with van der Waals surface area (Å²) in [5.41, 5.74) is 1.15. The number of carbonyl (C=O) groups is 1. The summed E-state index contributed by atoms with van der Waals surface area (Å²) in [6, 6.07) is 14.4. The first-order valence-electron chi connectivity index (χ1n) is 10.8. The fourth-order valence-electron chi connectivity index (χ4n) is 3.54. The molecule has 0 fully saturated rings. The molecule has 0 heterocycles. The molecule has 0 aliphatic heterocycles. The minimum absolute atomic E-state index is 0.0258. The molecule has 2 atom stereocenters. The highest BCUT2D eigenvalue weighted by molar-refractivity contribution is 5.83. The summed E-state index contributed by atoms with van der Waals surface area (Å²) < 4.78 is 5.86. The average Bonchev–Trinajstić information content (AvgIpc) is 2.67. The topological polar surface area (TPSA) is 46.5 Å². The van der Waals surface area contributed by atoms with Crippen LogP contribution in [0.3, 0.4) is 0 Å². The van der Waals surface area contributed by atoms with E-state index in [4.69, 9.17) is 4.74 Å². The van der Waals surface area contributed by atoms with E-state index in [0.717, 1.165) is 36.6 Å². The molecule has 0 aliphatic carbocycles. The van der Waals surface area contributed by atoms with Gasteiger partial charge in [0.25, 0.3) is 0 Å². The Bertz CT molecular complexity index is 816. The third kappa shape index (κ3) is 8.02. The number of allylic oxidation sites excluding steroid dienone is 1. The quantitative estimate of drug-likeness (QED) is 0.255. The maximum atomic E-state index is 12.6. The fourth-order valence-corrected chi connectivity index (χ4v) is 3.54. The molecule has 0 radical (unpaired) electrons. The van der Waals surface area contributed by atoms with Gasteiger partial charge in [-0.2, -0.15) is 0 Å². The van der Waals surface area contributed by atoms with Crippen LogP contribution in [0.25, 0.3) is 10.8 Å². The van der Waals surface area contributed by atoms with Crippen LogP contribution in [0, 0.1) is 0 Å². The van der Waals surface area contributed by atoms with Gasteiger partial charge in [-0.05, 0) is 49.6 Å². The zero-order chi connectivity index (χ0) is 21.3. The smallest absolute Gasteiger partial charge is 0.309 e. The predicted octanol–water partition coefficient (Wildman–Crippen LogP) is 6.89. The van der Waals surface area contributed by atoms with Crippen LogP contribution in [0.15, 0.2) is 54.1 Å². The van der Waals surface area contributed by atoms with Crippen LogP contribution >= 0.6 is 0 Å². The van der Waals surface area contributed by atoms with Crippen LogP contribution in [0.2, 0.25) is 0 Å². The summed E-state index contributed by atoms with van der Waals surface area (Å²) in [6.07, 6.45) is 7.35. The van der Waals surface area contributed by atoms with Gasteiger partial charge in [0.15, 0.2) is 0 Å². The molecule has 0 spiro atoms. The first-order chi connectivity index (χ1) is 13.8. The monoisotopic (exact) mass is 396 g/mol. The molecule has 3 heteroatoms. The Morgan fingerprint density at radius 3 is 2.52 bits per heavy atom. The van der Waals surface area contributed by atoms with Crippen molar-refractivity contribution >= 4 is 16.7 Å². The molecular weight excluding hydrogens is 360 g/mol. The van der Waals surface area contributed by atoms with Crippen LogP contribution in [0.1, 0.15) is 84.3 Å². The molecule has 3 nitrogen and oxygen atoms in total. The number of fused-ring (bicyclic) bond motifs is 1. The van der Waals surface area contributed by atoms with E-state index in [1.807, 2.05) is 32.0 Å². The molecule has 2 aromatic rings. The van der Waals surface area contributed by atoms with Gasteiger partial charge in [0.05, 0.1) is 12.0 Å². The standard InChI is InChI=1S/C26H36O3/c1-5-6-7-10-17-26(4,28)19-25(27)29-24(16-13-20(2)3)23-15-14-21-11-8-9-12-22(21)18-23/h8-9,11-15,18,24,28H,5-7,10,16-17,19H2,1-4H3. The minimum atomic E-state index is -1.02. The highest BCUT2D eigenvalue weighted by Crippen LogP contribution is 2.28. The molecular formula is C26H36O3. The van der Waals surface area contributed by atoms with Crippen LogP contribution in [-0.4, -0.2) is 16.7 Å². The third-order valence-electron chi connectivity index (χ3n) is 5.25. The van der Waals surface area contributed by atoms with E-state index in [9.17, 15) is 9.90 Å².